The van der Waals surface area contributed by atoms with Crippen molar-refractivity contribution in [3.63, 3.8) is 0 Å². The van der Waals surface area contributed by atoms with Crippen molar-refractivity contribution in [2.24, 2.45) is 0 Å². The van der Waals surface area contributed by atoms with E-state index in [1.54, 1.807) is 18.2 Å². The van der Waals surface area contributed by atoms with Crippen LogP contribution >= 0.6 is 43.2 Å². The van der Waals surface area contributed by atoms with Gasteiger partial charge in [0.05, 0.1) is 18.7 Å². The molecule has 0 atom stereocenters. The molecule has 104 valence electrons. The second-order valence-corrected chi connectivity index (χ2v) is 7.67. The summed E-state index contributed by atoms with van der Waals surface area (Å²) in [5.41, 5.74) is 1.64. The van der Waals surface area contributed by atoms with E-state index in [-0.39, 0.29) is 11.5 Å². The molecule has 0 aliphatic rings. The minimum Gasteiger partial charge on any atom is -0.478 e. The number of benzene rings is 1. The van der Waals surface area contributed by atoms with Gasteiger partial charge in [-0.05, 0) is 55.6 Å². The Balaban J connectivity index is 2.00. The fourth-order valence-electron chi connectivity index (χ4n) is 1.54. The zero-order valence-corrected chi connectivity index (χ0v) is 14.0. The van der Waals surface area contributed by atoms with Gasteiger partial charge in [0.1, 0.15) is 0 Å². The number of carbonyl (C=O) groups excluding carboxylic acids is 1. The van der Waals surface area contributed by atoms with Crippen LogP contribution in [-0.4, -0.2) is 17.0 Å². The van der Waals surface area contributed by atoms with E-state index in [2.05, 4.69) is 37.2 Å². The van der Waals surface area contributed by atoms with Crippen LogP contribution in [0.25, 0.3) is 0 Å². The van der Waals surface area contributed by atoms with Gasteiger partial charge in [-0.15, -0.1) is 11.3 Å². The van der Waals surface area contributed by atoms with Crippen molar-refractivity contribution in [2.75, 3.05) is 0 Å². The van der Waals surface area contributed by atoms with Crippen molar-refractivity contribution >= 4 is 55.1 Å². The number of aromatic carboxylic acids is 1. The normalized spacial score (nSPS) is 10.3. The van der Waals surface area contributed by atoms with E-state index in [1.807, 2.05) is 0 Å². The molecule has 1 amide bonds. The summed E-state index contributed by atoms with van der Waals surface area (Å²) in [6.07, 6.45) is 0. The van der Waals surface area contributed by atoms with Gasteiger partial charge in [0.2, 0.25) is 0 Å². The van der Waals surface area contributed by atoms with Crippen LogP contribution in [0.2, 0.25) is 0 Å². The maximum atomic E-state index is 12.0. The number of nitrogens with one attached hydrogen (secondary N) is 1. The van der Waals surface area contributed by atoms with Crippen molar-refractivity contribution in [1.29, 1.82) is 0 Å². The molecule has 4 nitrogen and oxygen atoms in total. The fourth-order valence-corrected chi connectivity index (χ4v) is 4.33. The lowest BCUT2D eigenvalue weighted by molar-refractivity contribution is 0.0696. The summed E-state index contributed by atoms with van der Waals surface area (Å²) in [4.78, 5) is 22.7. The van der Waals surface area contributed by atoms with E-state index in [4.69, 9.17) is 5.11 Å². The molecule has 0 aliphatic heterocycles. The molecule has 0 radical (unpaired) electrons. The van der Waals surface area contributed by atoms with Crippen LogP contribution in [0.4, 0.5) is 0 Å². The van der Waals surface area contributed by atoms with Gasteiger partial charge < -0.3 is 10.4 Å². The van der Waals surface area contributed by atoms with Gasteiger partial charge in [-0.25, -0.2) is 4.79 Å². The molecule has 2 aromatic rings. The molecule has 20 heavy (non-hydrogen) atoms. The maximum Gasteiger partial charge on any atom is 0.335 e. The van der Waals surface area contributed by atoms with Crippen LogP contribution < -0.4 is 5.32 Å². The monoisotopic (exact) mass is 417 g/mol. The van der Waals surface area contributed by atoms with Crippen molar-refractivity contribution in [3.8, 4) is 0 Å². The first-order valence-electron chi connectivity index (χ1n) is 5.52. The van der Waals surface area contributed by atoms with Gasteiger partial charge in [0, 0.05) is 6.54 Å². The number of thiophene rings is 1. The second-order valence-electron chi connectivity index (χ2n) is 3.92. The summed E-state index contributed by atoms with van der Waals surface area (Å²) in [6.45, 7) is 0.346. The zero-order chi connectivity index (χ0) is 14.7. The van der Waals surface area contributed by atoms with Gasteiger partial charge in [0.15, 0.2) is 0 Å². The van der Waals surface area contributed by atoms with Gasteiger partial charge >= 0.3 is 5.97 Å². The predicted octanol–water partition coefficient (Wildman–Crippen LogP) is 3.90. The van der Waals surface area contributed by atoms with Crippen LogP contribution in [0, 0.1) is 0 Å². The van der Waals surface area contributed by atoms with E-state index >= 15 is 0 Å². The zero-order valence-electron chi connectivity index (χ0n) is 10.0. The Kier molecular flexibility index (Phi) is 4.95. The highest BCUT2D eigenvalue weighted by Gasteiger charge is 2.13. The van der Waals surface area contributed by atoms with Gasteiger partial charge in [-0.3, -0.25) is 4.79 Å². The Morgan fingerprint density at radius 3 is 2.35 bits per heavy atom. The molecule has 2 N–H and O–H groups in total. The Morgan fingerprint density at radius 1 is 1.20 bits per heavy atom. The lowest BCUT2D eigenvalue weighted by atomic mass is 10.1. The minimum absolute atomic E-state index is 0.180. The number of hydrogen-bond donors (Lipinski definition) is 2. The molecule has 0 bridgehead atoms. The molecule has 1 heterocycles. The second kappa shape index (κ2) is 6.51. The first kappa shape index (κ1) is 15.2. The Labute approximate surface area is 136 Å². The summed E-state index contributed by atoms with van der Waals surface area (Å²) in [7, 11) is 0. The molecule has 0 saturated heterocycles. The van der Waals surface area contributed by atoms with Crippen molar-refractivity contribution in [2.45, 2.75) is 6.54 Å². The smallest absolute Gasteiger partial charge is 0.335 e. The lowest BCUT2D eigenvalue weighted by Gasteiger charge is -2.05. The van der Waals surface area contributed by atoms with Crippen molar-refractivity contribution in [1.82, 2.24) is 5.32 Å². The van der Waals surface area contributed by atoms with Gasteiger partial charge in [-0.2, -0.15) is 0 Å². The number of amides is 1. The largest absolute Gasteiger partial charge is 0.478 e. The van der Waals surface area contributed by atoms with Gasteiger partial charge in [-0.1, -0.05) is 12.1 Å². The fraction of sp³-hybridized carbons (Fsp3) is 0.0769. The van der Waals surface area contributed by atoms with Gasteiger partial charge in [0.25, 0.3) is 5.91 Å². The number of carbonyl (C=O) groups is 2. The molecule has 0 spiro atoms. The van der Waals surface area contributed by atoms with Crippen LogP contribution in [0.15, 0.2) is 37.9 Å². The summed E-state index contributed by atoms with van der Waals surface area (Å²) < 4.78 is 1.64. The minimum atomic E-state index is -0.965. The topological polar surface area (TPSA) is 66.4 Å². The maximum absolute atomic E-state index is 12.0. The molecule has 0 aliphatic carbocycles. The van der Waals surface area contributed by atoms with E-state index in [0.717, 1.165) is 13.1 Å². The van der Waals surface area contributed by atoms with Crippen LogP contribution in [0.1, 0.15) is 26.3 Å². The number of rotatable bonds is 4. The van der Waals surface area contributed by atoms with E-state index in [0.29, 0.717) is 12.1 Å². The molecule has 1 aromatic heterocycles. The summed E-state index contributed by atoms with van der Waals surface area (Å²) >= 11 is 8.09. The average Bonchev–Trinajstić information content (AvgIpc) is 2.75. The third-order valence-electron chi connectivity index (χ3n) is 2.56. The SMILES string of the molecule is O=C(O)c1ccc(CNC(=O)c2cc(Br)sc2Br)cc1. The number of halogens is 2. The lowest BCUT2D eigenvalue weighted by Crippen LogP contribution is -2.22. The predicted molar refractivity (Wildman–Crippen MR) is 84.3 cm³/mol. The number of carboxylic acids is 1. The molecule has 2 rings (SSSR count). The van der Waals surface area contributed by atoms with E-state index in [1.165, 1.54) is 23.5 Å². The third-order valence-corrected chi connectivity index (χ3v) is 4.89. The van der Waals surface area contributed by atoms with Crippen molar-refractivity contribution in [3.05, 3.63) is 54.6 Å². The highest BCUT2D eigenvalue weighted by molar-refractivity contribution is 9.12. The average molecular weight is 419 g/mol. The standard InChI is InChI=1S/C13H9Br2NO3S/c14-10-5-9(11(15)20-10)12(17)16-6-7-1-3-8(4-2-7)13(18)19/h1-5H,6H2,(H,16,17)(H,18,19). The quantitative estimate of drug-likeness (QED) is 0.791. The number of hydrogen-bond acceptors (Lipinski definition) is 3. The molecule has 1 aromatic carbocycles. The third kappa shape index (κ3) is 3.68. The van der Waals surface area contributed by atoms with E-state index < -0.39 is 5.97 Å². The molecule has 0 fully saturated rings. The molecule has 7 heteroatoms. The molecule has 0 unspecified atom stereocenters. The Morgan fingerprint density at radius 2 is 1.85 bits per heavy atom. The number of carboxylic acid groups (broad SMARTS) is 1. The van der Waals surface area contributed by atoms with Crippen molar-refractivity contribution < 1.29 is 14.7 Å². The van der Waals surface area contributed by atoms with Crippen LogP contribution in [-0.2, 0) is 6.54 Å². The summed E-state index contributed by atoms with van der Waals surface area (Å²) in [5, 5.41) is 11.6. The van der Waals surface area contributed by atoms with Crippen LogP contribution in [0.3, 0.4) is 0 Å². The summed E-state index contributed by atoms with van der Waals surface area (Å²) in [5.74, 6) is -1.14. The highest BCUT2D eigenvalue weighted by atomic mass is 79.9. The van der Waals surface area contributed by atoms with Crippen LogP contribution in [0.5, 0.6) is 0 Å². The first-order chi connectivity index (χ1) is 9.47. The van der Waals surface area contributed by atoms with E-state index in [9.17, 15) is 9.59 Å². The molecular formula is C13H9Br2NO3S. The molecule has 0 saturated carbocycles. The Bertz CT molecular complexity index is 652. The Hall–Kier alpha value is -1.18. The first-order valence-corrected chi connectivity index (χ1v) is 7.93. The highest BCUT2D eigenvalue weighted by Crippen LogP contribution is 2.31. The summed E-state index contributed by atoms with van der Waals surface area (Å²) in [6, 6.07) is 8.14. The molecular weight excluding hydrogens is 410 g/mol.